The Kier molecular flexibility index (Phi) is 9.19. The van der Waals surface area contributed by atoms with E-state index in [1.807, 2.05) is 0 Å². The Morgan fingerprint density at radius 1 is 0.667 bits per heavy atom. The van der Waals surface area contributed by atoms with Crippen molar-refractivity contribution in [3.63, 3.8) is 0 Å². The second kappa shape index (κ2) is 11.6. The van der Waals surface area contributed by atoms with Crippen LogP contribution in [0.4, 0.5) is 0 Å². The highest BCUT2D eigenvalue weighted by Crippen LogP contribution is 2.42. The number of allylic oxidation sites excluding steroid dienone is 1. The van der Waals surface area contributed by atoms with E-state index in [0.29, 0.717) is 5.92 Å². The summed E-state index contributed by atoms with van der Waals surface area (Å²) in [6, 6.07) is 0. The van der Waals surface area contributed by atoms with Crippen molar-refractivity contribution in [2.45, 2.75) is 104 Å². The summed E-state index contributed by atoms with van der Waals surface area (Å²) in [7, 11) is 0. The van der Waals surface area contributed by atoms with Gasteiger partial charge < -0.3 is 9.47 Å². The van der Waals surface area contributed by atoms with Gasteiger partial charge in [0.05, 0.1) is 13.2 Å². The number of rotatable bonds is 8. The van der Waals surface area contributed by atoms with Crippen molar-refractivity contribution in [1.82, 2.24) is 0 Å². The maximum Gasteiger partial charge on any atom is 0.176 e. The molecule has 0 spiro atoms. The van der Waals surface area contributed by atoms with Gasteiger partial charge in [0.25, 0.3) is 0 Å². The first kappa shape index (κ1) is 21.4. The number of ether oxygens (including phenoxy) is 2. The van der Waals surface area contributed by atoms with E-state index in [1.165, 1.54) is 83.5 Å². The molecule has 0 unspecified atom stereocenters. The lowest BCUT2D eigenvalue weighted by atomic mass is 9.69. The van der Waals surface area contributed by atoms with Crippen LogP contribution in [0, 0.1) is 29.6 Å². The van der Waals surface area contributed by atoms with E-state index >= 15 is 0 Å². The Morgan fingerprint density at radius 2 is 1.30 bits per heavy atom. The molecule has 0 aromatic rings. The molecule has 1 saturated heterocycles. The van der Waals surface area contributed by atoms with Gasteiger partial charge in [-0.25, -0.2) is 0 Å². The van der Waals surface area contributed by atoms with Crippen LogP contribution in [0.15, 0.2) is 12.2 Å². The molecule has 0 atom stereocenters. The zero-order valence-corrected chi connectivity index (χ0v) is 18.0. The van der Waals surface area contributed by atoms with Gasteiger partial charge in [0.2, 0.25) is 0 Å². The molecule has 3 fully saturated rings. The van der Waals surface area contributed by atoms with Crippen LogP contribution in [0.2, 0.25) is 0 Å². The van der Waals surface area contributed by atoms with E-state index in [-0.39, 0.29) is 6.29 Å². The predicted molar refractivity (Wildman–Crippen MR) is 114 cm³/mol. The van der Waals surface area contributed by atoms with E-state index in [4.69, 9.17) is 9.47 Å². The fourth-order valence-corrected chi connectivity index (χ4v) is 5.74. The van der Waals surface area contributed by atoms with Gasteiger partial charge in [-0.3, -0.25) is 0 Å². The molecule has 3 aliphatic rings. The van der Waals surface area contributed by atoms with Gasteiger partial charge in [-0.15, -0.1) is 0 Å². The van der Waals surface area contributed by atoms with Crippen LogP contribution in [-0.2, 0) is 9.47 Å². The molecule has 156 valence electrons. The smallest absolute Gasteiger partial charge is 0.176 e. The average Bonchev–Trinajstić information content (AvgIpc) is 2.73. The zero-order chi connectivity index (χ0) is 18.9. The van der Waals surface area contributed by atoms with Crippen LogP contribution in [0.25, 0.3) is 0 Å². The van der Waals surface area contributed by atoms with Crippen LogP contribution >= 0.6 is 0 Å². The molecule has 1 heterocycles. The number of hydrogen-bond acceptors (Lipinski definition) is 2. The molecule has 1 aliphatic heterocycles. The highest BCUT2D eigenvalue weighted by Gasteiger charge is 2.30. The minimum absolute atomic E-state index is 0.0885. The van der Waals surface area contributed by atoms with Gasteiger partial charge in [0.15, 0.2) is 6.29 Å². The second-order valence-corrected chi connectivity index (χ2v) is 9.67. The summed E-state index contributed by atoms with van der Waals surface area (Å²) >= 11 is 0. The first-order valence-corrected chi connectivity index (χ1v) is 12.2. The highest BCUT2D eigenvalue weighted by molar-refractivity contribution is 4.95. The van der Waals surface area contributed by atoms with Gasteiger partial charge >= 0.3 is 0 Å². The van der Waals surface area contributed by atoms with Crippen LogP contribution in [0.3, 0.4) is 0 Å². The molecule has 0 N–H and O–H groups in total. The normalized spacial score (nSPS) is 38.3. The Balaban J connectivity index is 1.31. The quantitative estimate of drug-likeness (QED) is 0.419. The molecule has 2 nitrogen and oxygen atoms in total. The average molecular weight is 377 g/mol. The zero-order valence-electron chi connectivity index (χ0n) is 18.0. The van der Waals surface area contributed by atoms with Gasteiger partial charge in [0, 0.05) is 5.92 Å². The molecule has 3 rings (SSSR count). The molecular formula is C25H44O2. The van der Waals surface area contributed by atoms with Crippen LogP contribution in [0.1, 0.15) is 97.3 Å². The minimum atomic E-state index is -0.0885. The summed E-state index contributed by atoms with van der Waals surface area (Å²) in [5.74, 6) is 4.45. The third kappa shape index (κ3) is 6.89. The van der Waals surface area contributed by atoms with E-state index in [0.717, 1.165) is 36.9 Å². The maximum atomic E-state index is 5.92. The van der Waals surface area contributed by atoms with Crippen molar-refractivity contribution in [2.24, 2.45) is 29.6 Å². The Bertz CT molecular complexity index is 408. The van der Waals surface area contributed by atoms with E-state index < -0.39 is 0 Å². The fourth-order valence-electron chi connectivity index (χ4n) is 5.74. The van der Waals surface area contributed by atoms with Gasteiger partial charge in [-0.2, -0.15) is 0 Å². The molecule has 2 saturated carbocycles. The monoisotopic (exact) mass is 376 g/mol. The Labute approximate surface area is 168 Å². The highest BCUT2D eigenvalue weighted by atomic mass is 16.7. The van der Waals surface area contributed by atoms with Gasteiger partial charge in [0.1, 0.15) is 0 Å². The van der Waals surface area contributed by atoms with Gasteiger partial charge in [-0.05, 0) is 74.7 Å². The van der Waals surface area contributed by atoms with Crippen LogP contribution in [-0.4, -0.2) is 19.5 Å². The van der Waals surface area contributed by atoms with Crippen molar-refractivity contribution in [2.75, 3.05) is 13.2 Å². The third-order valence-corrected chi connectivity index (χ3v) is 7.57. The van der Waals surface area contributed by atoms with E-state index in [9.17, 15) is 0 Å². The predicted octanol–water partition coefficient (Wildman–Crippen LogP) is 7.13. The summed E-state index contributed by atoms with van der Waals surface area (Å²) in [6.45, 7) is 6.35. The van der Waals surface area contributed by atoms with Crippen molar-refractivity contribution in [3.8, 4) is 0 Å². The second-order valence-electron chi connectivity index (χ2n) is 9.67. The van der Waals surface area contributed by atoms with E-state index in [2.05, 4.69) is 26.0 Å². The first-order valence-electron chi connectivity index (χ1n) is 12.2. The minimum Gasteiger partial charge on any atom is -0.349 e. The standard InChI is InChI=1S/C25H44O2/c1-3-5-7-22-18-26-25(27-19-22)17-12-21-10-15-24(16-11-21)23-13-8-20(6-4-2)9-14-23/h12,17,20-25H,3-11,13-16,18-19H2,1-2H3/b17-12+. The van der Waals surface area contributed by atoms with Crippen molar-refractivity contribution in [3.05, 3.63) is 12.2 Å². The molecule has 0 radical (unpaired) electrons. The summed E-state index contributed by atoms with van der Waals surface area (Å²) < 4.78 is 11.8. The summed E-state index contributed by atoms with van der Waals surface area (Å²) in [4.78, 5) is 0. The molecule has 0 aromatic heterocycles. The Hall–Kier alpha value is -0.340. The first-order chi connectivity index (χ1) is 13.3. The lowest BCUT2D eigenvalue weighted by Gasteiger charge is -2.37. The van der Waals surface area contributed by atoms with Crippen molar-refractivity contribution in [1.29, 1.82) is 0 Å². The van der Waals surface area contributed by atoms with Crippen LogP contribution in [0.5, 0.6) is 0 Å². The molecule has 2 heteroatoms. The third-order valence-electron chi connectivity index (χ3n) is 7.57. The Morgan fingerprint density at radius 3 is 1.89 bits per heavy atom. The largest absolute Gasteiger partial charge is 0.349 e. The van der Waals surface area contributed by atoms with Crippen molar-refractivity contribution >= 4 is 0 Å². The summed E-state index contributed by atoms with van der Waals surface area (Å²) in [5, 5.41) is 0. The summed E-state index contributed by atoms with van der Waals surface area (Å²) in [6.07, 6.45) is 22.9. The lowest BCUT2D eigenvalue weighted by Crippen LogP contribution is -2.31. The number of hydrogen-bond donors (Lipinski definition) is 0. The van der Waals surface area contributed by atoms with Gasteiger partial charge in [-0.1, -0.05) is 58.4 Å². The summed E-state index contributed by atoms with van der Waals surface area (Å²) in [5.41, 5.74) is 0. The maximum absolute atomic E-state index is 5.92. The SMILES string of the molecule is CCCCC1COC(/C=C/C2CCC(C3CCC(CCC)CC3)CC2)OC1. The molecule has 0 bridgehead atoms. The lowest BCUT2D eigenvalue weighted by molar-refractivity contribution is -0.175. The number of unbranched alkanes of at least 4 members (excludes halogenated alkanes) is 1. The van der Waals surface area contributed by atoms with Crippen LogP contribution < -0.4 is 0 Å². The molecule has 0 aromatic carbocycles. The fraction of sp³-hybridized carbons (Fsp3) is 0.920. The molecule has 0 amide bonds. The van der Waals surface area contributed by atoms with E-state index in [1.54, 1.807) is 0 Å². The molecule has 2 aliphatic carbocycles. The van der Waals surface area contributed by atoms with Crippen molar-refractivity contribution < 1.29 is 9.47 Å². The topological polar surface area (TPSA) is 18.5 Å². The molecule has 27 heavy (non-hydrogen) atoms. The molecular weight excluding hydrogens is 332 g/mol.